The molecule has 0 bridgehead atoms. The van der Waals surface area contributed by atoms with Crippen molar-refractivity contribution in [2.24, 2.45) is 5.92 Å². The Balaban J connectivity index is 1.92. The molecule has 3 nitrogen and oxygen atoms in total. The summed E-state index contributed by atoms with van der Waals surface area (Å²) in [7, 11) is 0. The molecule has 0 amide bonds. The number of carbonyl (C=O) groups is 1. The Hall–Kier alpha value is -0.520. The summed E-state index contributed by atoms with van der Waals surface area (Å²) in [6, 6.07) is 4.19. The summed E-state index contributed by atoms with van der Waals surface area (Å²) in [5, 5.41) is 15.1. The Kier molecular flexibility index (Phi) is 5.93. The van der Waals surface area contributed by atoms with Crippen LogP contribution < -0.4 is 5.32 Å². The lowest BCUT2D eigenvalue weighted by atomic mass is 9.85. The maximum atomic E-state index is 11.8. The number of aliphatic carboxylic acids is 1. The lowest BCUT2D eigenvalue weighted by molar-refractivity contribution is -0.146. The quantitative estimate of drug-likeness (QED) is 0.716. The van der Waals surface area contributed by atoms with Gasteiger partial charge in [0, 0.05) is 0 Å². The predicted octanol–water partition coefficient (Wildman–Crippen LogP) is 3.85. The van der Waals surface area contributed by atoms with Gasteiger partial charge >= 0.3 is 5.97 Å². The zero-order valence-electron chi connectivity index (χ0n) is 11.9. The Morgan fingerprint density at radius 1 is 1.65 bits per heavy atom. The van der Waals surface area contributed by atoms with Crippen LogP contribution in [0.2, 0.25) is 0 Å². The van der Waals surface area contributed by atoms with E-state index >= 15 is 0 Å². The highest BCUT2D eigenvalue weighted by Gasteiger charge is 2.48. The zero-order chi connectivity index (χ0) is 14.4. The molecule has 5 heteroatoms. The van der Waals surface area contributed by atoms with Gasteiger partial charge in [0.2, 0.25) is 0 Å². The van der Waals surface area contributed by atoms with Crippen molar-refractivity contribution in [1.82, 2.24) is 5.32 Å². The molecule has 1 fully saturated rings. The second-order valence-corrected chi connectivity index (χ2v) is 7.70. The summed E-state index contributed by atoms with van der Waals surface area (Å²) >= 11 is 3.60. The number of nitrogens with one attached hydrogen (secondary N) is 1. The molecule has 112 valence electrons. The van der Waals surface area contributed by atoms with Crippen LogP contribution in [-0.4, -0.2) is 28.9 Å². The molecule has 2 N–H and O–H groups in total. The number of carboxylic acid groups (broad SMARTS) is 1. The molecule has 0 aromatic carbocycles. The van der Waals surface area contributed by atoms with E-state index < -0.39 is 11.5 Å². The van der Waals surface area contributed by atoms with Crippen molar-refractivity contribution in [3.05, 3.63) is 17.5 Å². The minimum Gasteiger partial charge on any atom is -0.480 e. The highest BCUT2D eigenvalue weighted by molar-refractivity contribution is 8.01. The fourth-order valence-electron chi connectivity index (χ4n) is 3.05. The molecule has 2 rings (SSSR count). The van der Waals surface area contributed by atoms with Gasteiger partial charge < -0.3 is 10.4 Å². The van der Waals surface area contributed by atoms with Crippen LogP contribution in [0.3, 0.4) is 0 Å². The number of rotatable bonds is 8. The van der Waals surface area contributed by atoms with Crippen molar-refractivity contribution < 1.29 is 9.90 Å². The average molecular weight is 313 g/mol. The van der Waals surface area contributed by atoms with E-state index in [-0.39, 0.29) is 5.92 Å². The number of thiophene rings is 1. The highest BCUT2D eigenvalue weighted by Crippen LogP contribution is 2.39. The highest BCUT2D eigenvalue weighted by atomic mass is 32.2. The Morgan fingerprint density at radius 3 is 3.15 bits per heavy atom. The van der Waals surface area contributed by atoms with Crippen molar-refractivity contribution >= 4 is 29.1 Å². The summed E-state index contributed by atoms with van der Waals surface area (Å²) < 4.78 is 1.32. The van der Waals surface area contributed by atoms with Crippen LogP contribution in [0.1, 0.15) is 39.0 Å². The molecule has 0 spiro atoms. The number of thioether (sulfide) groups is 1. The van der Waals surface area contributed by atoms with Crippen molar-refractivity contribution in [1.29, 1.82) is 0 Å². The van der Waals surface area contributed by atoms with E-state index in [4.69, 9.17) is 0 Å². The molecular formula is C15H23NO2S2. The first-order valence-corrected chi connectivity index (χ1v) is 9.20. The van der Waals surface area contributed by atoms with Gasteiger partial charge in [0.05, 0.1) is 4.21 Å². The third kappa shape index (κ3) is 3.57. The number of hydrogen-bond acceptors (Lipinski definition) is 4. The molecule has 1 aliphatic carbocycles. The van der Waals surface area contributed by atoms with Crippen LogP contribution in [-0.2, 0) is 4.79 Å². The van der Waals surface area contributed by atoms with Crippen LogP contribution in [0, 0.1) is 5.92 Å². The normalized spacial score (nSPS) is 25.9. The number of hydrogen-bond donors (Lipinski definition) is 2. The molecule has 20 heavy (non-hydrogen) atoms. The van der Waals surface area contributed by atoms with Gasteiger partial charge in [0.15, 0.2) is 0 Å². The molecule has 0 aliphatic heterocycles. The Labute approximate surface area is 129 Å². The summed E-state index contributed by atoms with van der Waals surface area (Å²) in [5.74, 6) is 0.613. The van der Waals surface area contributed by atoms with Gasteiger partial charge in [-0.25, -0.2) is 0 Å². The lowest BCUT2D eigenvalue weighted by Gasteiger charge is -2.32. The van der Waals surface area contributed by atoms with Crippen molar-refractivity contribution in [3.63, 3.8) is 0 Å². The predicted molar refractivity (Wildman–Crippen MR) is 85.7 cm³/mol. The van der Waals surface area contributed by atoms with Gasteiger partial charge in [-0.1, -0.05) is 19.4 Å². The summed E-state index contributed by atoms with van der Waals surface area (Å²) in [6.45, 7) is 2.88. The van der Waals surface area contributed by atoms with E-state index in [1.165, 1.54) is 4.21 Å². The molecule has 1 saturated carbocycles. The molecule has 2 atom stereocenters. The Bertz CT molecular complexity index is 422. The average Bonchev–Trinajstić information content (AvgIpc) is 3.06. The van der Waals surface area contributed by atoms with E-state index in [9.17, 15) is 9.90 Å². The first-order chi connectivity index (χ1) is 9.69. The van der Waals surface area contributed by atoms with Crippen LogP contribution >= 0.6 is 23.1 Å². The van der Waals surface area contributed by atoms with Gasteiger partial charge in [-0.05, 0) is 55.3 Å². The third-order valence-electron chi connectivity index (χ3n) is 4.10. The minimum absolute atomic E-state index is 0.263. The number of carboxylic acids is 1. The van der Waals surface area contributed by atoms with Gasteiger partial charge in [-0.3, -0.25) is 4.79 Å². The van der Waals surface area contributed by atoms with Gasteiger partial charge in [0.1, 0.15) is 5.54 Å². The monoisotopic (exact) mass is 313 g/mol. The second-order valence-electron chi connectivity index (χ2n) is 5.36. The van der Waals surface area contributed by atoms with Gasteiger partial charge in [-0.15, -0.1) is 23.1 Å². The van der Waals surface area contributed by atoms with E-state index in [2.05, 4.69) is 29.8 Å². The summed E-state index contributed by atoms with van der Waals surface area (Å²) in [4.78, 5) is 11.8. The zero-order valence-corrected chi connectivity index (χ0v) is 13.6. The largest absolute Gasteiger partial charge is 0.480 e. The first kappa shape index (κ1) is 15.9. The molecule has 1 aromatic rings. The molecule has 2 unspecified atom stereocenters. The molecule has 1 heterocycles. The standard InChI is InChI=1S/C15H23NO2S2/c1-2-9-16-15(14(17)18)8-3-5-12(15)7-11-20-13-6-4-10-19-13/h4,6,10,12,16H,2-3,5,7-9,11H2,1H3,(H,17,18). The maximum Gasteiger partial charge on any atom is 0.324 e. The van der Waals surface area contributed by atoms with Crippen LogP contribution in [0.15, 0.2) is 21.7 Å². The molecule has 0 saturated heterocycles. The fraction of sp³-hybridized carbons (Fsp3) is 0.667. The minimum atomic E-state index is -0.675. The van der Waals surface area contributed by atoms with E-state index in [1.54, 1.807) is 11.3 Å². The van der Waals surface area contributed by atoms with E-state index in [0.29, 0.717) is 0 Å². The van der Waals surface area contributed by atoms with E-state index in [1.807, 2.05) is 11.8 Å². The van der Waals surface area contributed by atoms with Crippen molar-refractivity contribution in [2.45, 2.75) is 48.8 Å². The van der Waals surface area contributed by atoms with Gasteiger partial charge in [0.25, 0.3) is 0 Å². The molecular weight excluding hydrogens is 290 g/mol. The summed E-state index contributed by atoms with van der Waals surface area (Å²) in [5.41, 5.74) is -0.675. The maximum absolute atomic E-state index is 11.8. The molecule has 0 radical (unpaired) electrons. The van der Waals surface area contributed by atoms with Crippen molar-refractivity contribution in [3.8, 4) is 0 Å². The van der Waals surface area contributed by atoms with Crippen molar-refractivity contribution in [2.75, 3.05) is 12.3 Å². The fourth-order valence-corrected chi connectivity index (χ4v) is 4.97. The first-order valence-electron chi connectivity index (χ1n) is 7.34. The van der Waals surface area contributed by atoms with Crippen LogP contribution in [0.25, 0.3) is 0 Å². The second kappa shape index (κ2) is 7.48. The topological polar surface area (TPSA) is 49.3 Å². The van der Waals surface area contributed by atoms with Crippen LogP contribution in [0.5, 0.6) is 0 Å². The van der Waals surface area contributed by atoms with Crippen LogP contribution in [0.4, 0.5) is 0 Å². The third-order valence-corrected chi connectivity index (χ3v) is 6.26. The smallest absolute Gasteiger partial charge is 0.324 e. The lowest BCUT2D eigenvalue weighted by Crippen LogP contribution is -2.55. The SMILES string of the molecule is CCCNC1(C(=O)O)CCCC1CCSc1cccs1. The molecule has 1 aliphatic rings. The van der Waals surface area contributed by atoms with E-state index in [0.717, 1.165) is 44.4 Å². The summed E-state index contributed by atoms with van der Waals surface area (Å²) in [6.07, 6.45) is 4.79. The Morgan fingerprint density at radius 2 is 2.50 bits per heavy atom. The van der Waals surface area contributed by atoms with Gasteiger partial charge in [-0.2, -0.15) is 0 Å². The molecule has 1 aromatic heterocycles.